The van der Waals surface area contributed by atoms with Crippen LogP contribution in [0.25, 0.3) is 0 Å². The first-order valence-electron chi connectivity index (χ1n) is 9.61. The highest BCUT2D eigenvalue weighted by molar-refractivity contribution is 5.79. The van der Waals surface area contributed by atoms with Crippen LogP contribution in [0.1, 0.15) is 71.6 Å². The molecule has 0 aliphatic heterocycles. The number of carboxylic acid groups (broad SMARTS) is 1. The number of ketones is 1. The number of hydrogen-bond acceptors (Lipinski definition) is 2. The van der Waals surface area contributed by atoms with Gasteiger partial charge >= 0.3 is 5.97 Å². The van der Waals surface area contributed by atoms with Gasteiger partial charge in [0.2, 0.25) is 0 Å². The molecule has 4 rings (SSSR count). The maximum atomic E-state index is 11.9. The van der Waals surface area contributed by atoms with Gasteiger partial charge in [-0.15, -0.1) is 0 Å². The number of rotatable bonds is 1. The lowest BCUT2D eigenvalue weighted by molar-refractivity contribution is -0.154. The Labute approximate surface area is 139 Å². The zero-order valence-electron chi connectivity index (χ0n) is 14.5. The maximum absolute atomic E-state index is 11.9. The van der Waals surface area contributed by atoms with Crippen LogP contribution in [-0.2, 0) is 9.59 Å². The molecule has 0 radical (unpaired) electrons. The van der Waals surface area contributed by atoms with Crippen LogP contribution in [0, 0.1) is 40.4 Å². The first-order chi connectivity index (χ1) is 10.9. The fraction of sp³-hybridized carbons (Fsp3) is 0.900. The molecule has 3 heteroatoms. The summed E-state index contributed by atoms with van der Waals surface area (Å²) in [7, 11) is 0. The molecule has 0 spiro atoms. The van der Waals surface area contributed by atoms with E-state index in [9.17, 15) is 14.7 Å². The van der Waals surface area contributed by atoms with Crippen molar-refractivity contribution >= 4 is 11.8 Å². The highest BCUT2D eigenvalue weighted by atomic mass is 16.4. The average Bonchev–Trinajstić information content (AvgIpc) is 2.85. The predicted octanol–water partition coefficient (Wildman–Crippen LogP) is 4.30. The van der Waals surface area contributed by atoms with Gasteiger partial charge in [0.1, 0.15) is 5.78 Å². The van der Waals surface area contributed by atoms with Crippen molar-refractivity contribution in [1.29, 1.82) is 0 Å². The number of fused-ring (bicyclic) bond motifs is 5. The Hall–Kier alpha value is -0.860. The molecule has 3 nitrogen and oxygen atoms in total. The summed E-state index contributed by atoms with van der Waals surface area (Å²) in [6.07, 6.45) is 9.30. The van der Waals surface area contributed by atoms with Crippen molar-refractivity contribution in [3.8, 4) is 0 Å². The van der Waals surface area contributed by atoms with Crippen molar-refractivity contribution in [2.24, 2.45) is 40.4 Å². The fourth-order valence-corrected chi connectivity index (χ4v) is 7.45. The molecule has 4 saturated carbocycles. The van der Waals surface area contributed by atoms with Gasteiger partial charge in [-0.05, 0) is 79.4 Å². The third-order valence-corrected chi connectivity index (χ3v) is 8.78. The molecule has 4 fully saturated rings. The van der Waals surface area contributed by atoms with Crippen molar-refractivity contribution in [2.75, 3.05) is 0 Å². The highest BCUT2D eigenvalue weighted by Crippen LogP contribution is 2.67. The molecule has 0 saturated heterocycles. The summed E-state index contributed by atoms with van der Waals surface area (Å²) in [5.74, 6) is 2.37. The van der Waals surface area contributed by atoms with Gasteiger partial charge in [0, 0.05) is 12.8 Å². The second-order valence-electron chi connectivity index (χ2n) is 9.41. The Bertz CT molecular complexity index is 541. The van der Waals surface area contributed by atoms with Gasteiger partial charge in [-0.2, -0.15) is 0 Å². The number of hydrogen-bond donors (Lipinski definition) is 1. The second kappa shape index (κ2) is 5.07. The minimum absolute atomic E-state index is 0.0146. The summed E-state index contributed by atoms with van der Waals surface area (Å²) >= 11 is 0. The zero-order chi connectivity index (χ0) is 16.4. The normalized spacial score (nSPS) is 52.4. The quantitative estimate of drug-likeness (QED) is 0.784. The predicted molar refractivity (Wildman–Crippen MR) is 87.9 cm³/mol. The van der Waals surface area contributed by atoms with Gasteiger partial charge in [-0.1, -0.05) is 13.8 Å². The lowest BCUT2D eigenvalue weighted by Gasteiger charge is -2.60. The van der Waals surface area contributed by atoms with Crippen molar-refractivity contribution < 1.29 is 14.7 Å². The van der Waals surface area contributed by atoms with Crippen molar-refractivity contribution in [1.82, 2.24) is 0 Å². The van der Waals surface area contributed by atoms with Crippen LogP contribution < -0.4 is 0 Å². The van der Waals surface area contributed by atoms with Gasteiger partial charge in [-0.3, -0.25) is 9.59 Å². The molecular formula is C20H30O3. The van der Waals surface area contributed by atoms with Crippen molar-refractivity contribution in [3.05, 3.63) is 0 Å². The van der Waals surface area contributed by atoms with E-state index in [1.807, 2.05) is 0 Å². The number of carbonyl (C=O) groups is 2. The van der Waals surface area contributed by atoms with E-state index in [-0.39, 0.29) is 11.3 Å². The van der Waals surface area contributed by atoms with Crippen LogP contribution in [0.4, 0.5) is 0 Å². The van der Waals surface area contributed by atoms with E-state index in [2.05, 4.69) is 13.8 Å². The van der Waals surface area contributed by atoms with Gasteiger partial charge < -0.3 is 5.11 Å². The molecule has 0 heterocycles. The van der Waals surface area contributed by atoms with Crippen molar-refractivity contribution in [3.63, 3.8) is 0 Å². The molecule has 128 valence electrons. The van der Waals surface area contributed by atoms with Crippen LogP contribution >= 0.6 is 0 Å². The molecular weight excluding hydrogens is 288 g/mol. The average molecular weight is 318 g/mol. The first kappa shape index (κ1) is 15.7. The largest absolute Gasteiger partial charge is 0.481 e. The molecule has 7 atom stereocenters. The molecule has 1 N–H and O–H groups in total. The van der Waals surface area contributed by atoms with Crippen LogP contribution in [0.3, 0.4) is 0 Å². The van der Waals surface area contributed by atoms with Gasteiger partial charge in [0.05, 0.1) is 5.92 Å². The molecule has 23 heavy (non-hydrogen) atoms. The summed E-state index contributed by atoms with van der Waals surface area (Å²) in [6.45, 7) is 4.71. The number of aliphatic carboxylic acids is 1. The third-order valence-electron chi connectivity index (χ3n) is 8.78. The minimum atomic E-state index is -0.573. The zero-order valence-corrected chi connectivity index (χ0v) is 14.5. The van der Waals surface area contributed by atoms with E-state index in [0.717, 1.165) is 44.4 Å². The molecule has 0 aromatic heterocycles. The minimum Gasteiger partial charge on any atom is -0.481 e. The van der Waals surface area contributed by atoms with E-state index in [1.165, 1.54) is 19.3 Å². The molecule has 0 aromatic rings. The molecule has 0 aromatic carbocycles. The van der Waals surface area contributed by atoms with E-state index < -0.39 is 5.97 Å². The van der Waals surface area contributed by atoms with E-state index in [4.69, 9.17) is 0 Å². The van der Waals surface area contributed by atoms with Gasteiger partial charge in [0.25, 0.3) is 0 Å². The highest BCUT2D eigenvalue weighted by Gasteiger charge is 2.61. The molecule has 0 amide bonds. The van der Waals surface area contributed by atoms with Crippen LogP contribution in [0.5, 0.6) is 0 Å². The summed E-state index contributed by atoms with van der Waals surface area (Å²) in [6, 6.07) is 0. The number of carbonyl (C=O) groups excluding carboxylic acids is 1. The van der Waals surface area contributed by atoms with Crippen LogP contribution in [0.2, 0.25) is 0 Å². The Balaban J connectivity index is 1.63. The topological polar surface area (TPSA) is 54.4 Å². The van der Waals surface area contributed by atoms with E-state index in [0.29, 0.717) is 29.0 Å². The first-order valence-corrected chi connectivity index (χ1v) is 9.61. The fourth-order valence-electron chi connectivity index (χ4n) is 7.45. The number of Topliss-reactive ketones (excluding diaryl/α,β-unsaturated/α-hetero) is 1. The molecule has 4 aliphatic rings. The monoisotopic (exact) mass is 318 g/mol. The Morgan fingerprint density at radius 3 is 2.48 bits per heavy atom. The smallest absolute Gasteiger partial charge is 0.307 e. The van der Waals surface area contributed by atoms with E-state index in [1.54, 1.807) is 0 Å². The summed E-state index contributed by atoms with van der Waals surface area (Å²) in [5.41, 5.74) is 0.347. The Morgan fingerprint density at radius 1 is 1.00 bits per heavy atom. The third kappa shape index (κ3) is 2.07. The van der Waals surface area contributed by atoms with Gasteiger partial charge in [-0.25, -0.2) is 0 Å². The summed E-state index contributed by atoms with van der Waals surface area (Å²) in [4.78, 5) is 23.6. The van der Waals surface area contributed by atoms with Crippen LogP contribution in [0.15, 0.2) is 0 Å². The lowest BCUT2D eigenvalue weighted by Crippen LogP contribution is -2.53. The van der Waals surface area contributed by atoms with Crippen LogP contribution in [-0.4, -0.2) is 16.9 Å². The van der Waals surface area contributed by atoms with Gasteiger partial charge in [0.15, 0.2) is 0 Å². The summed E-state index contributed by atoms with van der Waals surface area (Å²) < 4.78 is 0. The number of carboxylic acids is 1. The SMILES string of the molecule is C[C@]12CCC(=O)C[C@@H]1CC[C@@H]1[C@@H]2CC[C@]2(C)[C@@H](C(=O)O)CC[C@@H]12. The molecule has 0 bridgehead atoms. The maximum Gasteiger partial charge on any atom is 0.307 e. The molecule has 0 unspecified atom stereocenters. The Morgan fingerprint density at radius 2 is 1.74 bits per heavy atom. The van der Waals surface area contributed by atoms with Crippen molar-refractivity contribution in [2.45, 2.75) is 71.6 Å². The second-order valence-corrected chi connectivity index (χ2v) is 9.41. The lowest BCUT2D eigenvalue weighted by atomic mass is 9.45. The van der Waals surface area contributed by atoms with E-state index >= 15 is 0 Å². The Kier molecular flexibility index (Phi) is 3.45. The molecule has 4 aliphatic carbocycles. The standard InChI is InChI=1S/C20H30O3/c1-19-9-7-13(21)11-12(19)3-4-14-15-5-6-17(18(22)23)20(15,2)10-8-16(14)19/h12,14-17H,3-11H2,1-2H3,(H,22,23)/t12-,14-,15-,16-,17+,19-,20-/m0/s1. The summed E-state index contributed by atoms with van der Waals surface area (Å²) in [5, 5.41) is 9.64.